The molecule has 2 aliphatic heterocycles. The maximum atomic E-state index is 13.0. The van der Waals surface area contributed by atoms with Gasteiger partial charge in [-0.3, -0.25) is 14.6 Å². The van der Waals surface area contributed by atoms with Crippen LogP contribution in [0.15, 0.2) is 12.3 Å². The molecule has 0 saturated carbocycles. The quantitative estimate of drug-likeness (QED) is 0.684. The van der Waals surface area contributed by atoms with E-state index in [2.05, 4.69) is 0 Å². The van der Waals surface area contributed by atoms with E-state index in [0.717, 1.165) is 0 Å². The van der Waals surface area contributed by atoms with Gasteiger partial charge in [-0.25, -0.2) is 9.59 Å². The van der Waals surface area contributed by atoms with Gasteiger partial charge in [0.15, 0.2) is 11.8 Å². The predicted octanol–water partition coefficient (Wildman–Crippen LogP) is 1.53. The molecule has 0 spiro atoms. The monoisotopic (exact) mass is 324 g/mol. The number of urea groups is 1. The molecule has 0 aromatic rings. The summed E-state index contributed by atoms with van der Waals surface area (Å²) < 4.78 is 10.5. The molecule has 128 valence electrons. The van der Waals surface area contributed by atoms with Crippen molar-refractivity contribution < 1.29 is 23.9 Å². The van der Waals surface area contributed by atoms with Crippen molar-refractivity contribution in [2.24, 2.45) is 5.41 Å². The molecule has 2 amide bonds. The van der Waals surface area contributed by atoms with Crippen LogP contribution in [-0.4, -0.2) is 59.6 Å². The molecule has 0 unspecified atom stereocenters. The Bertz CT molecular complexity index is 537. The molecular weight excluding hydrogens is 300 g/mol. The third-order valence-electron chi connectivity index (χ3n) is 4.05. The van der Waals surface area contributed by atoms with Gasteiger partial charge in [0.1, 0.15) is 6.23 Å². The Hall–Kier alpha value is -1.89. The minimum Gasteiger partial charge on any atom is -0.467 e. The van der Waals surface area contributed by atoms with Crippen molar-refractivity contribution in [1.29, 1.82) is 0 Å². The maximum Gasteiger partial charge on any atom is 0.331 e. The lowest BCUT2D eigenvalue weighted by Crippen LogP contribution is -2.56. The van der Waals surface area contributed by atoms with Crippen molar-refractivity contribution in [3.8, 4) is 0 Å². The summed E-state index contributed by atoms with van der Waals surface area (Å²) in [7, 11) is 1.29. The van der Waals surface area contributed by atoms with Crippen LogP contribution in [0.3, 0.4) is 0 Å². The number of methoxy groups -OCH3 is 1. The number of ketones is 1. The highest BCUT2D eigenvalue weighted by Crippen LogP contribution is 2.33. The number of carbonyl (C=O) groups excluding carboxylic acids is 3. The van der Waals surface area contributed by atoms with E-state index < -0.39 is 18.2 Å². The molecule has 2 heterocycles. The molecule has 1 saturated heterocycles. The summed E-state index contributed by atoms with van der Waals surface area (Å²) >= 11 is 0. The maximum absolute atomic E-state index is 13.0. The molecule has 2 rings (SSSR count). The molecule has 0 aromatic heterocycles. The van der Waals surface area contributed by atoms with Crippen molar-refractivity contribution in [2.45, 2.75) is 52.4 Å². The molecule has 0 aliphatic carbocycles. The first kappa shape index (κ1) is 17.5. The lowest BCUT2D eigenvalue weighted by molar-refractivity contribution is -0.145. The van der Waals surface area contributed by atoms with Crippen molar-refractivity contribution in [2.75, 3.05) is 13.7 Å². The second kappa shape index (κ2) is 6.31. The normalized spacial score (nSPS) is 28.2. The molecule has 0 aromatic carbocycles. The first-order valence-corrected chi connectivity index (χ1v) is 7.68. The van der Waals surface area contributed by atoms with Crippen LogP contribution in [0.4, 0.5) is 4.79 Å². The number of ether oxygens (including phenoxy) is 2. The van der Waals surface area contributed by atoms with Gasteiger partial charge >= 0.3 is 12.0 Å². The zero-order chi connectivity index (χ0) is 17.4. The average molecular weight is 324 g/mol. The van der Waals surface area contributed by atoms with Gasteiger partial charge in [-0.15, -0.1) is 0 Å². The third kappa shape index (κ3) is 3.39. The highest BCUT2D eigenvalue weighted by Gasteiger charge is 2.49. The van der Waals surface area contributed by atoms with Crippen molar-refractivity contribution >= 4 is 17.8 Å². The van der Waals surface area contributed by atoms with E-state index in [1.807, 2.05) is 20.8 Å². The fourth-order valence-corrected chi connectivity index (χ4v) is 2.88. The number of hydrogen-bond acceptors (Lipinski definition) is 5. The van der Waals surface area contributed by atoms with E-state index in [4.69, 9.17) is 9.47 Å². The Labute approximate surface area is 136 Å². The summed E-state index contributed by atoms with van der Waals surface area (Å²) in [5.41, 5.74) is -0.364. The summed E-state index contributed by atoms with van der Waals surface area (Å²) in [4.78, 5) is 39.4. The van der Waals surface area contributed by atoms with Crippen LogP contribution in [0.1, 0.15) is 34.1 Å². The fraction of sp³-hybridized carbons (Fsp3) is 0.688. The SMILES string of the molecule is COC(=O)[C@@H]1CO[C@H](C(C)(C)C)N1C(=O)N1C=CC(=O)C[C@H]1C. The highest BCUT2D eigenvalue weighted by molar-refractivity contribution is 5.93. The van der Waals surface area contributed by atoms with E-state index >= 15 is 0 Å². The van der Waals surface area contributed by atoms with E-state index in [-0.39, 0.29) is 36.3 Å². The highest BCUT2D eigenvalue weighted by atomic mass is 16.5. The number of esters is 1. The van der Waals surface area contributed by atoms with Crippen LogP contribution >= 0.6 is 0 Å². The largest absolute Gasteiger partial charge is 0.467 e. The Morgan fingerprint density at radius 2 is 2.00 bits per heavy atom. The number of carbonyl (C=O) groups is 3. The van der Waals surface area contributed by atoms with Crippen LogP contribution < -0.4 is 0 Å². The average Bonchev–Trinajstić information content (AvgIpc) is 2.90. The molecule has 2 aliphatic rings. The second-order valence-corrected chi connectivity index (χ2v) is 7.02. The Balaban J connectivity index is 2.33. The van der Waals surface area contributed by atoms with Crippen LogP contribution in [0.2, 0.25) is 0 Å². The van der Waals surface area contributed by atoms with Gasteiger partial charge < -0.3 is 9.47 Å². The Kier molecular flexibility index (Phi) is 4.79. The number of hydrogen-bond donors (Lipinski definition) is 0. The predicted molar refractivity (Wildman–Crippen MR) is 82.3 cm³/mol. The zero-order valence-corrected chi connectivity index (χ0v) is 14.2. The molecule has 23 heavy (non-hydrogen) atoms. The van der Waals surface area contributed by atoms with Gasteiger partial charge in [0.25, 0.3) is 0 Å². The van der Waals surface area contributed by atoms with Crippen LogP contribution in [0.5, 0.6) is 0 Å². The minimum atomic E-state index is -0.782. The van der Waals surface area contributed by atoms with Crippen molar-refractivity contribution in [3.05, 3.63) is 12.3 Å². The lowest BCUT2D eigenvalue weighted by atomic mass is 9.93. The molecule has 0 N–H and O–H groups in total. The molecule has 7 nitrogen and oxygen atoms in total. The van der Waals surface area contributed by atoms with E-state index in [1.54, 1.807) is 6.92 Å². The smallest absolute Gasteiger partial charge is 0.331 e. The topological polar surface area (TPSA) is 76.2 Å². The minimum absolute atomic E-state index is 0.0175. The van der Waals surface area contributed by atoms with E-state index in [9.17, 15) is 14.4 Å². The van der Waals surface area contributed by atoms with Gasteiger partial charge in [0, 0.05) is 24.1 Å². The summed E-state index contributed by atoms with van der Waals surface area (Å²) in [5.74, 6) is -0.522. The molecule has 0 radical (unpaired) electrons. The van der Waals surface area contributed by atoms with Gasteiger partial charge in [0.2, 0.25) is 0 Å². The molecule has 7 heteroatoms. The summed E-state index contributed by atoms with van der Waals surface area (Å²) in [6.07, 6.45) is 2.58. The first-order chi connectivity index (χ1) is 10.7. The molecule has 0 bridgehead atoms. The van der Waals surface area contributed by atoms with Gasteiger partial charge in [-0.2, -0.15) is 0 Å². The summed E-state index contributed by atoms with van der Waals surface area (Å²) in [5, 5.41) is 0. The Morgan fingerprint density at radius 3 is 2.52 bits per heavy atom. The third-order valence-corrected chi connectivity index (χ3v) is 4.05. The molecule has 3 atom stereocenters. The van der Waals surface area contributed by atoms with E-state index in [1.165, 1.54) is 29.2 Å². The second-order valence-electron chi connectivity index (χ2n) is 7.02. The van der Waals surface area contributed by atoms with Crippen molar-refractivity contribution in [1.82, 2.24) is 9.80 Å². The number of nitrogens with zero attached hydrogens (tertiary/aromatic N) is 2. The lowest BCUT2D eigenvalue weighted by Gasteiger charge is -2.39. The zero-order valence-electron chi connectivity index (χ0n) is 14.2. The fourth-order valence-electron chi connectivity index (χ4n) is 2.88. The Morgan fingerprint density at radius 1 is 1.35 bits per heavy atom. The molecular formula is C16H24N2O5. The van der Waals surface area contributed by atoms with Gasteiger partial charge in [-0.05, 0) is 13.0 Å². The standard InChI is InChI=1S/C16H24N2O5/c1-10-8-11(19)6-7-17(10)15(21)18-12(13(20)22-5)9-23-14(18)16(2,3)4/h6-7,10,12,14H,8-9H2,1-5H3/t10-,12+,14-/m1/s1. The number of allylic oxidation sites excluding steroid dienone is 1. The van der Waals surface area contributed by atoms with Gasteiger partial charge in [0.05, 0.1) is 13.7 Å². The first-order valence-electron chi connectivity index (χ1n) is 7.68. The van der Waals surface area contributed by atoms with Crippen LogP contribution in [0, 0.1) is 5.41 Å². The summed E-state index contributed by atoms with van der Waals surface area (Å²) in [6, 6.07) is -1.40. The van der Waals surface area contributed by atoms with Crippen LogP contribution in [-0.2, 0) is 19.1 Å². The molecule has 1 fully saturated rings. The summed E-state index contributed by atoms with van der Waals surface area (Å²) in [6.45, 7) is 7.73. The van der Waals surface area contributed by atoms with Gasteiger partial charge in [-0.1, -0.05) is 20.8 Å². The van der Waals surface area contributed by atoms with Crippen molar-refractivity contribution in [3.63, 3.8) is 0 Å². The number of rotatable bonds is 1. The van der Waals surface area contributed by atoms with Crippen LogP contribution in [0.25, 0.3) is 0 Å². The number of amides is 2. The van der Waals surface area contributed by atoms with E-state index in [0.29, 0.717) is 0 Å².